The van der Waals surface area contributed by atoms with E-state index in [0.29, 0.717) is 56.0 Å². The number of fused-ring (bicyclic) bond motifs is 4. The van der Waals surface area contributed by atoms with E-state index < -0.39 is 22.5 Å². The maximum atomic E-state index is 14.4. The number of anilines is 2. The highest BCUT2D eigenvalue weighted by molar-refractivity contribution is 6.05. The maximum Gasteiger partial charge on any atom is 0.237 e. The van der Waals surface area contributed by atoms with E-state index in [1.165, 1.54) is 33.6 Å². The number of aromatic nitrogens is 11. The second-order valence-electron chi connectivity index (χ2n) is 16.0. The van der Waals surface area contributed by atoms with Gasteiger partial charge in [-0.05, 0) is 65.8 Å². The van der Waals surface area contributed by atoms with Gasteiger partial charge in [-0.1, -0.05) is 36.4 Å². The normalized spacial score (nSPS) is 14.7. The molecule has 0 radical (unpaired) electrons. The largest absolute Gasteiger partial charge is 0.310 e. The molecule has 2 aromatic carbocycles. The molecular weight excluding hydrogens is 807 g/mol. The highest BCUT2D eigenvalue weighted by Crippen LogP contribution is 2.38. The summed E-state index contributed by atoms with van der Waals surface area (Å²) in [6, 6.07) is 15.3. The second kappa shape index (κ2) is 14.6. The van der Waals surface area contributed by atoms with Crippen molar-refractivity contribution in [3.63, 3.8) is 0 Å². The summed E-state index contributed by atoms with van der Waals surface area (Å²) < 4.78 is 60.1. The molecule has 0 spiro atoms. The summed E-state index contributed by atoms with van der Waals surface area (Å²) in [7, 11) is 0. The Kier molecular flexibility index (Phi) is 9.36. The van der Waals surface area contributed by atoms with Crippen molar-refractivity contribution in [1.29, 1.82) is 0 Å². The lowest BCUT2D eigenvalue weighted by Gasteiger charge is -2.13. The molecule has 0 unspecified atom stereocenters. The van der Waals surface area contributed by atoms with E-state index in [2.05, 4.69) is 55.9 Å². The molecule has 2 N–H and O–H groups in total. The number of halogens is 4. The number of hydrogen-bond acceptors (Lipinski definition) is 11. The molecule has 2 aliphatic heterocycles. The van der Waals surface area contributed by atoms with Gasteiger partial charge in [0, 0.05) is 22.9 Å². The molecule has 19 heteroatoms. The lowest BCUT2D eigenvalue weighted by Crippen LogP contribution is -2.27. The molecule has 8 aromatic rings. The van der Waals surface area contributed by atoms with Gasteiger partial charge in [0.05, 0.1) is 46.1 Å². The fourth-order valence-corrected chi connectivity index (χ4v) is 7.19. The van der Waals surface area contributed by atoms with E-state index >= 15 is 0 Å². The minimum atomic E-state index is -0.856. The fourth-order valence-electron chi connectivity index (χ4n) is 7.19. The lowest BCUT2D eigenvalue weighted by molar-refractivity contribution is -0.120. The topological polar surface area (TPSA) is 184 Å². The number of rotatable bonds is 6. The van der Waals surface area contributed by atoms with Crippen molar-refractivity contribution in [3.05, 3.63) is 124 Å². The van der Waals surface area contributed by atoms with Gasteiger partial charge in [-0.25, -0.2) is 51.8 Å². The van der Waals surface area contributed by atoms with Gasteiger partial charge in [0.25, 0.3) is 0 Å². The predicted molar refractivity (Wildman–Crippen MR) is 219 cm³/mol. The summed E-state index contributed by atoms with van der Waals surface area (Å²) in [6.45, 7) is 10.3. The Bertz CT molecular complexity index is 2970. The molecule has 0 saturated carbocycles. The summed E-state index contributed by atoms with van der Waals surface area (Å²) in [4.78, 5) is 46.3. The minimum Gasteiger partial charge on any atom is -0.310 e. The Morgan fingerprint density at radius 2 is 1.08 bits per heavy atom. The number of benzene rings is 2. The standard InChI is InChI=1S/C22H18F2N6O.C21H17F2N7O/c1-11-16(24)8-13-17(19-25-9-14-18(27-19)28-21(31)22(14,2)3)29-30(20(13)26-11)10-12-6-4-5-7-15(12)23;1-10-14(23)8-12-15(17-25-18-16(27-28-17)21(2,3)20(31)26-18)29-30(19(12)24-10)9-11-6-4-5-7-13(11)22/h4-9H,10H2,1-3H3,(H,25,27,28,31);4-8H,9H2,1-3H3,(H,25,26,28,31). The Balaban J connectivity index is 0.000000158. The fraction of sp³-hybridized carbons (Fsp3) is 0.233. The van der Waals surface area contributed by atoms with Crippen LogP contribution in [0.3, 0.4) is 0 Å². The predicted octanol–water partition coefficient (Wildman–Crippen LogP) is 6.90. The number of carbonyl (C=O) groups excluding carboxylic acids is 2. The molecule has 312 valence electrons. The first-order chi connectivity index (χ1) is 29.5. The average Bonchev–Trinajstić information content (AvgIpc) is 3.90. The van der Waals surface area contributed by atoms with Crippen LogP contribution in [-0.2, 0) is 33.5 Å². The van der Waals surface area contributed by atoms with Crippen LogP contribution in [0.15, 0.2) is 66.9 Å². The van der Waals surface area contributed by atoms with Crippen LogP contribution >= 0.6 is 0 Å². The Labute approximate surface area is 349 Å². The first-order valence-corrected chi connectivity index (χ1v) is 19.3. The second-order valence-corrected chi connectivity index (χ2v) is 16.0. The minimum absolute atomic E-state index is 0.0867. The van der Waals surface area contributed by atoms with E-state index in [1.807, 2.05) is 0 Å². The first-order valence-electron chi connectivity index (χ1n) is 19.3. The van der Waals surface area contributed by atoms with E-state index in [4.69, 9.17) is 0 Å². The highest BCUT2D eigenvalue weighted by atomic mass is 19.1. The number of amides is 2. The number of nitrogens with zero attached hydrogens (tertiary/aromatic N) is 11. The van der Waals surface area contributed by atoms with Crippen LogP contribution < -0.4 is 10.6 Å². The van der Waals surface area contributed by atoms with Crippen LogP contribution in [0.5, 0.6) is 0 Å². The molecule has 15 nitrogen and oxygen atoms in total. The van der Waals surface area contributed by atoms with Crippen molar-refractivity contribution in [2.24, 2.45) is 0 Å². The van der Waals surface area contributed by atoms with E-state index in [0.717, 1.165) is 0 Å². The number of hydrogen-bond donors (Lipinski definition) is 2. The van der Waals surface area contributed by atoms with Crippen molar-refractivity contribution in [1.82, 2.24) is 54.7 Å². The van der Waals surface area contributed by atoms with Crippen LogP contribution in [0.25, 0.3) is 45.1 Å². The molecule has 8 heterocycles. The first kappa shape index (κ1) is 39.9. The number of pyridine rings is 2. The van der Waals surface area contributed by atoms with Crippen LogP contribution in [0.2, 0.25) is 0 Å². The number of aryl methyl sites for hydroxylation is 2. The Morgan fingerprint density at radius 1 is 0.597 bits per heavy atom. The van der Waals surface area contributed by atoms with Gasteiger partial charge in [0.1, 0.15) is 46.2 Å². The van der Waals surface area contributed by atoms with Gasteiger partial charge < -0.3 is 10.6 Å². The van der Waals surface area contributed by atoms with Gasteiger partial charge in [0.2, 0.25) is 17.6 Å². The molecule has 0 aliphatic carbocycles. The van der Waals surface area contributed by atoms with Crippen LogP contribution in [0, 0.1) is 37.1 Å². The number of carbonyl (C=O) groups is 2. The van der Waals surface area contributed by atoms with E-state index in [1.54, 1.807) is 84.1 Å². The molecule has 2 amide bonds. The van der Waals surface area contributed by atoms with Gasteiger partial charge in [-0.15, -0.1) is 10.2 Å². The summed E-state index contributed by atoms with van der Waals surface area (Å²) in [5, 5.41) is 23.6. The van der Waals surface area contributed by atoms with Gasteiger partial charge >= 0.3 is 0 Å². The van der Waals surface area contributed by atoms with Crippen molar-refractivity contribution in [2.75, 3.05) is 10.6 Å². The molecule has 10 rings (SSSR count). The SMILES string of the molecule is Cc1nc2c(cc1F)c(-c1ncc3c(n1)NC(=O)C3(C)C)nn2Cc1ccccc1F.Cc1nc2c(cc1F)c(-c1nnc3c(n1)NC(=O)C3(C)C)nn2Cc1ccccc1F. The van der Waals surface area contributed by atoms with Gasteiger partial charge in [0.15, 0.2) is 22.9 Å². The molecule has 0 saturated heterocycles. The van der Waals surface area contributed by atoms with Crippen LogP contribution in [0.4, 0.5) is 29.2 Å². The van der Waals surface area contributed by atoms with Crippen molar-refractivity contribution < 1.29 is 27.2 Å². The van der Waals surface area contributed by atoms with Crippen molar-refractivity contribution in [3.8, 4) is 23.0 Å². The zero-order chi connectivity index (χ0) is 43.8. The Hall–Kier alpha value is -7.57. The average molecular weight is 842 g/mol. The maximum absolute atomic E-state index is 14.4. The smallest absolute Gasteiger partial charge is 0.237 e. The lowest BCUT2D eigenvalue weighted by atomic mass is 9.88. The van der Waals surface area contributed by atoms with Crippen molar-refractivity contribution in [2.45, 2.75) is 65.5 Å². The summed E-state index contributed by atoms with van der Waals surface area (Å²) in [6.07, 6.45) is 1.58. The summed E-state index contributed by atoms with van der Waals surface area (Å²) >= 11 is 0. The molecule has 0 fully saturated rings. The molecule has 0 bridgehead atoms. The Morgan fingerprint density at radius 3 is 1.63 bits per heavy atom. The summed E-state index contributed by atoms with van der Waals surface area (Å²) in [5.41, 5.74) is 2.04. The van der Waals surface area contributed by atoms with Crippen LogP contribution in [-0.4, -0.2) is 66.5 Å². The van der Waals surface area contributed by atoms with Crippen LogP contribution in [0.1, 0.15) is 61.5 Å². The zero-order valence-electron chi connectivity index (χ0n) is 34.0. The monoisotopic (exact) mass is 841 g/mol. The highest BCUT2D eigenvalue weighted by Gasteiger charge is 2.42. The van der Waals surface area contributed by atoms with Crippen molar-refractivity contribution >= 4 is 45.5 Å². The molecule has 0 atom stereocenters. The van der Waals surface area contributed by atoms with E-state index in [9.17, 15) is 27.2 Å². The number of nitrogens with one attached hydrogen (secondary N) is 2. The molecule has 6 aromatic heterocycles. The molecule has 2 aliphatic rings. The molecule has 62 heavy (non-hydrogen) atoms. The van der Waals surface area contributed by atoms with Gasteiger partial charge in [-0.2, -0.15) is 10.2 Å². The third kappa shape index (κ3) is 6.65. The van der Waals surface area contributed by atoms with Gasteiger partial charge in [-0.3, -0.25) is 9.59 Å². The summed E-state index contributed by atoms with van der Waals surface area (Å²) in [5.74, 6) is -1.14. The van der Waals surface area contributed by atoms with E-state index in [-0.39, 0.29) is 71.1 Å². The third-order valence-corrected chi connectivity index (χ3v) is 11.0. The quantitative estimate of drug-likeness (QED) is 0.166. The zero-order valence-corrected chi connectivity index (χ0v) is 34.0. The molecular formula is C43H35F4N13O2. The third-order valence-electron chi connectivity index (χ3n) is 11.0.